The fourth-order valence-electron chi connectivity index (χ4n) is 2.12. The second-order valence-corrected chi connectivity index (χ2v) is 4.66. The van der Waals surface area contributed by atoms with E-state index >= 15 is 0 Å². The summed E-state index contributed by atoms with van der Waals surface area (Å²) in [6, 6.07) is 4.26. The van der Waals surface area contributed by atoms with Crippen LogP contribution in [0, 0.1) is 5.82 Å². The Morgan fingerprint density at radius 3 is 3.00 bits per heavy atom. The standard InChI is InChI=1S/C13H19FN2O/c1-16-7-2-3-11(6-8-16)17-13-9-10(14)4-5-12(13)15/h4-5,9,11H,2-3,6-8,15H2,1H3. The summed E-state index contributed by atoms with van der Waals surface area (Å²) in [6.45, 7) is 2.11. The molecule has 1 aliphatic rings. The van der Waals surface area contributed by atoms with Gasteiger partial charge in [0, 0.05) is 12.6 Å². The summed E-state index contributed by atoms with van der Waals surface area (Å²) in [5.74, 6) is 0.166. The first-order chi connectivity index (χ1) is 8.15. The van der Waals surface area contributed by atoms with Crippen LogP contribution in [-0.4, -0.2) is 31.1 Å². The van der Waals surface area contributed by atoms with Gasteiger partial charge in [-0.3, -0.25) is 0 Å². The summed E-state index contributed by atoms with van der Waals surface area (Å²) in [4.78, 5) is 2.29. The maximum absolute atomic E-state index is 13.1. The first-order valence-electron chi connectivity index (χ1n) is 6.05. The minimum Gasteiger partial charge on any atom is -0.488 e. The van der Waals surface area contributed by atoms with E-state index in [1.165, 1.54) is 12.1 Å². The Bertz CT molecular complexity index is 384. The highest BCUT2D eigenvalue weighted by molar-refractivity contribution is 5.52. The number of rotatable bonds is 2. The molecule has 1 unspecified atom stereocenters. The van der Waals surface area contributed by atoms with Gasteiger partial charge in [0.2, 0.25) is 0 Å². The lowest BCUT2D eigenvalue weighted by Crippen LogP contribution is -2.21. The van der Waals surface area contributed by atoms with Gasteiger partial charge in [-0.15, -0.1) is 0 Å². The fourth-order valence-corrected chi connectivity index (χ4v) is 2.12. The number of nitrogen functional groups attached to an aromatic ring is 1. The highest BCUT2D eigenvalue weighted by Gasteiger charge is 2.17. The SMILES string of the molecule is CN1CCCC(Oc2cc(F)ccc2N)CC1. The average molecular weight is 238 g/mol. The number of benzene rings is 1. The molecule has 0 aliphatic carbocycles. The predicted octanol–water partition coefficient (Wildman–Crippen LogP) is 2.27. The van der Waals surface area contributed by atoms with Crippen LogP contribution in [0.3, 0.4) is 0 Å². The number of halogens is 1. The van der Waals surface area contributed by atoms with E-state index in [-0.39, 0.29) is 11.9 Å². The minimum atomic E-state index is -0.306. The van der Waals surface area contributed by atoms with Crippen molar-refractivity contribution in [3.05, 3.63) is 24.0 Å². The van der Waals surface area contributed by atoms with E-state index in [0.717, 1.165) is 32.4 Å². The lowest BCUT2D eigenvalue weighted by molar-refractivity contribution is 0.183. The molecule has 2 rings (SSSR count). The van der Waals surface area contributed by atoms with Gasteiger partial charge in [0.15, 0.2) is 0 Å². The zero-order valence-corrected chi connectivity index (χ0v) is 10.2. The third kappa shape index (κ3) is 3.33. The molecule has 0 saturated carbocycles. The molecule has 0 amide bonds. The Hall–Kier alpha value is -1.29. The number of likely N-dealkylation sites (tertiary alicyclic amines) is 1. The zero-order chi connectivity index (χ0) is 12.3. The van der Waals surface area contributed by atoms with Crippen molar-refractivity contribution in [3.63, 3.8) is 0 Å². The van der Waals surface area contributed by atoms with E-state index < -0.39 is 0 Å². The smallest absolute Gasteiger partial charge is 0.145 e. The molecule has 17 heavy (non-hydrogen) atoms. The summed E-state index contributed by atoms with van der Waals surface area (Å²) >= 11 is 0. The van der Waals surface area contributed by atoms with Crippen molar-refractivity contribution in [1.82, 2.24) is 4.90 Å². The van der Waals surface area contributed by atoms with Crippen molar-refractivity contribution in [2.75, 3.05) is 25.9 Å². The number of nitrogens with two attached hydrogens (primary N) is 1. The first-order valence-corrected chi connectivity index (χ1v) is 6.05. The second-order valence-electron chi connectivity index (χ2n) is 4.66. The normalized spacial score (nSPS) is 22.1. The van der Waals surface area contributed by atoms with Crippen LogP contribution in [0.2, 0.25) is 0 Å². The molecule has 94 valence electrons. The predicted molar refractivity (Wildman–Crippen MR) is 66.6 cm³/mol. The van der Waals surface area contributed by atoms with Crippen LogP contribution in [0.1, 0.15) is 19.3 Å². The molecule has 0 aromatic heterocycles. The lowest BCUT2D eigenvalue weighted by Gasteiger charge is -2.18. The molecule has 1 atom stereocenters. The molecule has 1 aliphatic heterocycles. The number of hydrogen-bond acceptors (Lipinski definition) is 3. The Morgan fingerprint density at radius 2 is 2.18 bits per heavy atom. The first kappa shape index (κ1) is 12.2. The average Bonchev–Trinajstić information content (AvgIpc) is 2.49. The Labute approximate surface area is 101 Å². The molecule has 2 N–H and O–H groups in total. The van der Waals surface area contributed by atoms with Crippen molar-refractivity contribution >= 4 is 5.69 Å². The highest BCUT2D eigenvalue weighted by atomic mass is 19.1. The molecular weight excluding hydrogens is 219 g/mol. The molecule has 1 aromatic rings. The Morgan fingerprint density at radius 1 is 1.35 bits per heavy atom. The molecule has 1 heterocycles. The third-order valence-corrected chi connectivity index (χ3v) is 3.17. The topological polar surface area (TPSA) is 38.5 Å². The van der Waals surface area contributed by atoms with E-state index in [4.69, 9.17) is 10.5 Å². The third-order valence-electron chi connectivity index (χ3n) is 3.17. The fraction of sp³-hybridized carbons (Fsp3) is 0.538. The van der Waals surface area contributed by atoms with Gasteiger partial charge in [-0.1, -0.05) is 0 Å². The molecular formula is C13H19FN2O. The molecule has 1 saturated heterocycles. The van der Waals surface area contributed by atoms with Gasteiger partial charge in [0.25, 0.3) is 0 Å². The quantitative estimate of drug-likeness (QED) is 0.803. The van der Waals surface area contributed by atoms with Crippen molar-refractivity contribution < 1.29 is 9.13 Å². The van der Waals surface area contributed by atoms with Crippen LogP contribution in [0.5, 0.6) is 5.75 Å². The maximum atomic E-state index is 13.1. The van der Waals surface area contributed by atoms with Gasteiger partial charge < -0.3 is 15.4 Å². The van der Waals surface area contributed by atoms with E-state index in [2.05, 4.69) is 11.9 Å². The van der Waals surface area contributed by atoms with Gasteiger partial charge >= 0.3 is 0 Å². The van der Waals surface area contributed by atoms with Crippen molar-refractivity contribution in [3.8, 4) is 5.75 Å². The van der Waals surface area contributed by atoms with E-state index in [9.17, 15) is 4.39 Å². The number of anilines is 1. The monoisotopic (exact) mass is 238 g/mol. The van der Waals surface area contributed by atoms with Gasteiger partial charge in [-0.25, -0.2) is 4.39 Å². The largest absolute Gasteiger partial charge is 0.488 e. The Kier molecular flexibility index (Phi) is 3.84. The summed E-state index contributed by atoms with van der Waals surface area (Å²) in [5, 5.41) is 0. The van der Waals surface area contributed by atoms with Crippen LogP contribution in [0.25, 0.3) is 0 Å². The van der Waals surface area contributed by atoms with Crippen LogP contribution in [0.4, 0.5) is 10.1 Å². The molecule has 0 bridgehead atoms. The summed E-state index contributed by atoms with van der Waals surface area (Å²) < 4.78 is 18.9. The second kappa shape index (κ2) is 5.36. The number of ether oxygens (including phenoxy) is 1. The van der Waals surface area contributed by atoms with E-state index in [1.54, 1.807) is 6.07 Å². The zero-order valence-electron chi connectivity index (χ0n) is 10.2. The molecule has 4 heteroatoms. The van der Waals surface area contributed by atoms with E-state index in [0.29, 0.717) is 11.4 Å². The van der Waals surface area contributed by atoms with E-state index in [1.807, 2.05) is 0 Å². The van der Waals surface area contributed by atoms with Crippen LogP contribution >= 0.6 is 0 Å². The van der Waals surface area contributed by atoms with Gasteiger partial charge in [-0.2, -0.15) is 0 Å². The van der Waals surface area contributed by atoms with Crippen LogP contribution in [-0.2, 0) is 0 Å². The van der Waals surface area contributed by atoms with Crippen molar-refractivity contribution in [2.24, 2.45) is 0 Å². The van der Waals surface area contributed by atoms with Crippen LogP contribution < -0.4 is 10.5 Å². The number of hydrogen-bond donors (Lipinski definition) is 1. The summed E-state index contributed by atoms with van der Waals surface area (Å²) in [7, 11) is 2.11. The van der Waals surface area contributed by atoms with Gasteiger partial charge in [0.1, 0.15) is 17.7 Å². The van der Waals surface area contributed by atoms with Gasteiger partial charge in [0.05, 0.1) is 5.69 Å². The van der Waals surface area contributed by atoms with Gasteiger partial charge in [-0.05, 0) is 45.0 Å². The summed E-state index contributed by atoms with van der Waals surface area (Å²) in [5.41, 5.74) is 6.27. The molecule has 0 spiro atoms. The van der Waals surface area contributed by atoms with Crippen molar-refractivity contribution in [2.45, 2.75) is 25.4 Å². The Balaban J connectivity index is 2.02. The minimum absolute atomic E-state index is 0.143. The maximum Gasteiger partial charge on any atom is 0.145 e. The molecule has 3 nitrogen and oxygen atoms in total. The lowest BCUT2D eigenvalue weighted by atomic mass is 10.1. The highest BCUT2D eigenvalue weighted by Crippen LogP contribution is 2.25. The molecule has 1 aromatic carbocycles. The summed E-state index contributed by atoms with van der Waals surface area (Å²) in [6.07, 6.45) is 3.22. The van der Waals surface area contributed by atoms with Crippen LogP contribution in [0.15, 0.2) is 18.2 Å². The number of nitrogens with zero attached hydrogens (tertiary/aromatic N) is 1. The molecule has 1 fully saturated rings. The van der Waals surface area contributed by atoms with Crippen molar-refractivity contribution in [1.29, 1.82) is 0 Å². The molecule has 0 radical (unpaired) electrons.